The third-order valence-electron chi connectivity index (χ3n) is 5.27. The van der Waals surface area contributed by atoms with E-state index in [-0.39, 0.29) is 10.7 Å². The summed E-state index contributed by atoms with van der Waals surface area (Å²) in [7, 11) is 4.45. The van der Waals surface area contributed by atoms with Crippen molar-refractivity contribution in [1.82, 2.24) is 14.4 Å². The van der Waals surface area contributed by atoms with Crippen LogP contribution >= 0.6 is 12.2 Å². The number of thiocarbonyl (C=S) groups is 1. The number of ether oxygens (including phenoxy) is 1. The molecule has 1 aliphatic rings. The molecule has 1 aromatic heterocycles. The molecule has 1 saturated heterocycles. The van der Waals surface area contributed by atoms with Gasteiger partial charge in [0.25, 0.3) is 11.8 Å². The number of carbonyl (C=O) groups excluding carboxylic acids is 3. The van der Waals surface area contributed by atoms with Crippen LogP contribution in [0.1, 0.15) is 32.9 Å². The first-order valence-electron chi connectivity index (χ1n) is 9.28. The molecule has 0 saturated carbocycles. The van der Waals surface area contributed by atoms with Crippen molar-refractivity contribution in [2.75, 3.05) is 21.2 Å². The molecule has 8 heteroatoms. The van der Waals surface area contributed by atoms with Crippen molar-refractivity contribution in [1.29, 1.82) is 0 Å². The summed E-state index contributed by atoms with van der Waals surface area (Å²) in [5.41, 5.74) is 4.90. The van der Waals surface area contributed by atoms with Gasteiger partial charge in [0.1, 0.15) is 5.57 Å². The third kappa shape index (κ3) is 3.43. The van der Waals surface area contributed by atoms with E-state index in [9.17, 15) is 14.4 Å². The van der Waals surface area contributed by atoms with E-state index in [1.54, 1.807) is 32.3 Å². The summed E-state index contributed by atoms with van der Waals surface area (Å²) in [5.74, 6) is -1.24. The van der Waals surface area contributed by atoms with E-state index in [2.05, 4.69) is 0 Å². The number of rotatable bonds is 3. The van der Waals surface area contributed by atoms with Crippen LogP contribution in [0.15, 0.2) is 29.8 Å². The molecule has 0 spiro atoms. The SMILES string of the molecule is COC(=O)c1ccc(-n2c(C)cc(C=C3C(=O)N(C)C(=S)N(C)C3=O)c2C)c(C)c1. The molecule has 0 radical (unpaired) electrons. The van der Waals surface area contributed by atoms with Gasteiger partial charge >= 0.3 is 5.97 Å². The quantitative estimate of drug-likeness (QED) is 0.327. The van der Waals surface area contributed by atoms with E-state index < -0.39 is 17.8 Å². The average molecular weight is 426 g/mol. The van der Waals surface area contributed by atoms with Crippen molar-refractivity contribution in [2.45, 2.75) is 20.8 Å². The van der Waals surface area contributed by atoms with Gasteiger partial charge in [-0.25, -0.2) is 4.79 Å². The van der Waals surface area contributed by atoms with Gasteiger partial charge in [-0.15, -0.1) is 0 Å². The van der Waals surface area contributed by atoms with Gasteiger partial charge in [-0.2, -0.15) is 0 Å². The number of likely N-dealkylation sites (N-methyl/N-ethyl adjacent to an activating group) is 2. The molecule has 0 bridgehead atoms. The molecule has 7 nitrogen and oxygen atoms in total. The summed E-state index contributed by atoms with van der Waals surface area (Å²) in [6, 6.07) is 7.26. The normalized spacial score (nSPS) is 14.5. The van der Waals surface area contributed by atoms with Gasteiger partial charge < -0.3 is 9.30 Å². The van der Waals surface area contributed by atoms with Gasteiger partial charge in [0.2, 0.25) is 0 Å². The molecule has 0 atom stereocenters. The van der Waals surface area contributed by atoms with Gasteiger partial charge in [-0.05, 0) is 74.5 Å². The van der Waals surface area contributed by atoms with E-state index in [0.717, 1.165) is 28.2 Å². The first-order valence-corrected chi connectivity index (χ1v) is 9.69. The standard InChI is InChI=1S/C22H23N3O4S/c1-12-9-15(21(28)29-6)7-8-18(12)25-13(2)10-16(14(25)3)11-17-19(26)23(4)22(30)24(5)20(17)27/h7-11H,1-6H3. The van der Waals surface area contributed by atoms with Crippen molar-refractivity contribution >= 4 is 41.2 Å². The predicted octanol–water partition coefficient (Wildman–Crippen LogP) is 2.79. The lowest BCUT2D eigenvalue weighted by Gasteiger charge is -2.31. The minimum absolute atomic E-state index is 0.0617. The summed E-state index contributed by atoms with van der Waals surface area (Å²) < 4.78 is 6.81. The highest BCUT2D eigenvalue weighted by Crippen LogP contribution is 2.27. The molecule has 0 aliphatic carbocycles. The Hall–Kier alpha value is -3.26. The second-order valence-electron chi connectivity index (χ2n) is 7.22. The maximum absolute atomic E-state index is 12.6. The Bertz CT molecular complexity index is 1100. The largest absolute Gasteiger partial charge is 0.465 e. The van der Waals surface area contributed by atoms with Crippen LogP contribution in [0.2, 0.25) is 0 Å². The van der Waals surface area contributed by atoms with E-state index in [1.165, 1.54) is 16.9 Å². The van der Waals surface area contributed by atoms with Crippen LogP contribution in [0.4, 0.5) is 0 Å². The number of amides is 2. The zero-order valence-corrected chi connectivity index (χ0v) is 18.6. The van der Waals surface area contributed by atoms with Crippen LogP contribution in [-0.2, 0) is 14.3 Å². The van der Waals surface area contributed by atoms with Gasteiger partial charge in [-0.1, -0.05) is 0 Å². The van der Waals surface area contributed by atoms with E-state index >= 15 is 0 Å². The number of esters is 1. The van der Waals surface area contributed by atoms with E-state index in [0.29, 0.717) is 5.56 Å². The maximum Gasteiger partial charge on any atom is 0.337 e. The van der Waals surface area contributed by atoms with Crippen LogP contribution in [0, 0.1) is 20.8 Å². The summed E-state index contributed by atoms with van der Waals surface area (Å²) in [4.78, 5) is 39.6. The van der Waals surface area contributed by atoms with Gasteiger partial charge in [0.15, 0.2) is 5.11 Å². The highest BCUT2D eigenvalue weighted by atomic mass is 32.1. The summed E-state index contributed by atoms with van der Waals surface area (Å²) in [6.45, 7) is 5.78. The van der Waals surface area contributed by atoms with Crippen LogP contribution in [0.25, 0.3) is 11.8 Å². The molecule has 2 heterocycles. The van der Waals surface area contributed by atoms with Crippen molar-refractivity contribution in [3.05, 3.63) is 57.9 Å². The Balaban J connectivity index is 2.08. The van der Waals surface area contributed by atoms with Crippen LogP contribution in [-0.4, -0.2) is 58.5 Å². The molecular weight excluding hydrogens is 402 g/mol. The van der Waals surface area contributed by atoms with Gasteiger partial charge in [0, 0.05) is 31.2 Å². The van der Waals surface area contributed by atoms with Gasteiger partial charge in [0.05, 0.1) is 12.7 Å². The summed E-state index contributed by atoms with van der Waals surface area (Å²) >= 11 is 5.14. The number of carbonyl (C=O) groups is 3. The molecule has 2 aromatic rings. The number of benzene rings is 1. The van der Waals surface area contributed by atoms with Crippen LogP contribution in [0.5, 0.6) is 0 Å². The second kappa shape index (κ2) is 7.87. The molecule has 2 amide bonds. The monoisotopic (exact) mass is 425 g/mol. The predicted molar refractivity (Wildman–Crippen MR) is 117 cm³/mol. The first kappa shape index (κ1) is 21.4. The molecule has 1 aromatic carbocycles. The Morgan fingerprint density at radius 3 is 2.17 bits per heavy atom. The zero-order valence-electron chi connectivity index (χ0n) is 17.8. The minimum atomic E-state index is -0.425. The maximum atomic E-state index is 12.6. The first-order chi connectivity index (χ1) is 14.1. The summed E-state index contributed by atoms with van der Waals surface area (Å²) in [5, 5.41) is 0.175. The third-order valence-corrected chi connectivity index (χ3v) is 5.82. The van der Waals surface area contributed by atoms with E-state index in [1.807, 2.05) is 37.5 Å². The lowest BCUT2D eigenvalue weighted by Crippen LogP contribution is -2.52. The highest BCUT2D eigenvalue weighted by Gasteiger charge is 2.35. The van der Waals surface area contributed by atoms with Crippen molar-refractivity contribution in [3.63, 3.8) is 0 Å². The number of hydrogen-bond acceptors (Lipinski definition) is 5. The molecule has 0 unspecified atom stereocenters. The van der Waals surface area contributed by atoms with Gasteiger partial charge in [-0.3, -0.25) is 19.4 Å². The van der Waals surface area contributed by atoms with Crippen LogP contribution < -0.4 is 0 Å². The summed E-state index contributed by atoms with van der Waals surface area (Å²) in [6.07, 6.45) is 1.61. The molecular formula is C22H23N3O4S. The molecule has 156 valence electrons. The lowest BCUT2D eigenvalue weighted by molar-refractivity contribution is -0.132. The number of hydrogen-bond donors (Lipinski definition) is 0. The van der Waals surface area contributed by atoms with Crippen molar-refractivity contribution in [3.8, 4) is 5.69 Å². The topological polar surface area (TPSA) is 71.8 Å². The zero-order chi connectivity index (χ0) is 22.3. The van der Waals surface area contributed by atoms with E-state index in [4.69, 9.17) is 17.0 Å². The fraction of sp³-hybridized carbons (Fsp3) is 0.273. The Morgan fingerprint density at radius 1 is 1.03 bits per heavy atom. The Kier molecular flexibility index (Phi) is 5.63. The van der Waals surface area contributed by atoms with Crippen LogP contribution in [0.3, 0.4) is 0 Å². The second-order valence-corrected chi connectivity index (χ2v) is 7.59. The number of aromatic nitrogens is 1. The van der Waals surface area contributed by atoms with Crippen molar-refractivity contribution in [2.24, 2.45) is 0 Å². The Morgan fingerprint density at radius 2 is 1.63 bits per heavy atom. The number of aryl methyl sites for hydroxylation is 2. The van der Waals surface area contributed by atoms with Crippen molar-refractivity contribution < 1.29 is 19.1 Å². The molecule has 1 aliphatic heterocycles. The highest BCUT2D eigenvalue weighted by molar-refractivity contribution is 7.80. The molecule has 3 rings (SSSR count). The smallest absolute Gasteiger partial charge is 0.337 e. The Labute approximate surface area is 180 Å². The fourth-order valence-electron chi connectivity index (χ4n) is 3.59. The average Bonchev–Trinajstić information content (AvgIpc) is 3.00. The molecule has 0 N–H and O–H groups in total. The fourth-order valence-corrected chi connectivity index (χ4v) is 3.75. The minimum Gasteiger partial charge on any atom is -0.465 e. The lowest BCUT2D eigenvalue weighted by atomic mass is 10.1. The number of nitrogens with zero attached hydrogens (tertiary/aromatic N) is 3. The molecule has 30 heavy (non-hydrogen) atoms. The number of methoxy groups -OCH3 is 1. The molecule has 1 fully saturated rings.